The molecule has 15 heteroatoms. The number of carbonyl (C=O) groups excluding carboxylic acids is 3. The number of carbonyl (C=O) groups is 3. The van der Waals surface area contributed by atoms with E-state index in [2.05, 4.69) is 24.8 Å². The number of nitrogens with zero attached hydrogens (tertiary/aromatic N) is 4. The summed E-state index contributed by atoms with van der Waals surface area (Å²) in [6.45, 7) is 8.62. The van der Waals surface area contributed by atoms with Crippen LogP contribution in [0.15, 0.2) is 102 Å². The molecule has 0 aromatic heterocycles. The van der Waals surface area contributed by atoms with Gasteiger partial charge in [0.25, 0.3) is 11.4 Å². The fourth-order valence-electron chi connectivity index (χ4n) is 6.40. The highest BCUT2D eigenvalue weighted by Crippen LogP contribution is 2.38. The predicted molar refractivity (Wildman–Crippen MR) is 219 cm³/mol. The summed E-state index contributed by atoms with van der Waals surface area (Å²) in [6, 6.07) is 13.9. The number of aliphatic hydroxyl groups excluding tert-OH is 1. The minimum atomic E-state index is -0.721. The first-order chi connectivity index (χ1) is 28.5. The first-order valence-electron chi connectivity index (χ1n) is 19.0. The number of benzene rings is 3. The number of ketones is 3. The van der Waals surface area contributed by atoms with E-state index in [0.29, 0.717) is 37.7 Å². The molecule has 0 amide bonds. The van der Waals surface area contributed by atoms with Crippen molar-refractivity contribution in [3.8, 4) is 17.6 Å². The van der Waals surface area contributed by atoms with Crippen molar-refractivity contribution >= 4 is 40.2 Å². The second-order valence-corrected chi connectivity index (χ2v) is 13.3. The number of nitro benzene ring substituents is 2. The molecule has 6 rings (SSSR count). The Balaban J connectivity index is 0.000000241. The van der Waals surface area contributed by atoms with Crippen LogP contribution in [0.5, 0.6) is 11.5 Å². The number of ether oxygens (including phenoxy) is 3. The number of morpholine rings is 1. The van der Waals surface area contributed by atoms with Crippen molar-refractivity contribution in [2.75, 3.05) is 44.4 Å². The van der Waals surface area contributed by atoms with E-state index in [9.17, 15) is 45.0 Å². The summed E-state index contributed by atoms with van der Waals surface area (Å²) in [5.74, 6) is -0.924. The Labute approximate surface area is 340 Å². The molecular weight excluding hydrogens is 761 g/mol. The van der Waals surface area contributed by atoms with Crippen molar-refractivity contribution in [2.45, 2.75) is 39.5 Å². The molecule has 3 aromatic rings. The number of Topliss-reactive ketones (excluding diaryl/α,β-unsaturated/α-hetero) is 3. The molecule has 2 aliphatic carbocycles. The molecule has 1 aliphatic heterocycles. The standard InChI is InChI=1S/C25H14N2O8.C19H28N2O3/c28-22-14-10-6-12-18(26(32)33)20(14)24(30)16(22)8-4-2-1-3-5-9-17-23(29)15-11-7-13-19(27(34)35)21(15)25(17)31;1-3-5-9-23-18-14-17(21-7-11-22-12-8-21)19(13-16(18)15-20)24-10-6-4-2/h1-13,28H;13-14H,3-12H2,1-2H3/b2-1+,5-3+,8-4+,17-9+;. The van der Waals surface area contributed by atoms with Crippen LogP contribution in [-0.4, -0.2) is 71.8 Å². The van der Waals surface area contributed by atoms with Gasteiger partial charge in [0, 0.05) is 48.5 Å². The topological polar surface area (TPSA) is 212 Å². The van der Waals surface area contributed by atoms with Gasteiger partial charge in [-0.3, -0.25) is 34.6 Å². The van der Waals surface area contributed by atoms with E-state index in [1.54, 1.807) is 0 Å². The summed E-state index contributed by atoms with van der Waals surface area (Å²) in [7, 11) is 0. The lowest BCUT2D eigenvalue weighted by atomic mass is 10.1. The lowest BCUT2D eigenvalue weighted by Crippen LogP contribution is -2.36. The van der Waals surface area contributed by atoms with Crippen LogP contribution < -0.4 is 14.4 Å². The third kappa shape index (κ3) is 9.86. The van der Waals surface area contributed by atoms with Crippen LogP contribution >= 0.6 is 0 Å². The van der Waals surface area contributed by atoms with Gasteiger partial charge in [-0.05, 0) is 37.1 Å². The number of nitro groups is 2. The van der Waals surface area contributed by atoms with Gasteiger partial charge in [-0.25, -0.2) is 0 Å². The minimum Gasteiger partial charge on any atom is -0.507 e. The average Bonchev–Trinajstić information content (AvgIpc) is 3.64. The van der Waals surface area contributed by atoms with Gasteiger partial charge < -0.3 is 24.2 Å². The second-order valence-electron chi connectivity index (χ2n) is 13.3. The maximum absolute atomic E-state index is 12.5. The molecule has 0 spiro atoms. The summed E-state index contributed by atoms with van der Waals surface area (Å²) in [5.41, 5.74) is 0.113. The van der Waals surface area contributed by atoms with Crippen LogP contribution in [0.1, 0.15) is 81.7 Å². The van der Waals surface area contributed by atoms with Crippen molar-refractivity contribution < 1.29 is 43.5 Å². The molecule has 1 saturated heterocycles. The van der Waals surface area contributed by atoms with Gasteiger partial charge in [0.05, 0.1) is 58.7 Å². The van der Waals surface area contributed by atoms with E-state index in [1.165, 1.54) is 72.9 Å². The molecule has 0 unspecified atom stereocenters. The zero-order chi connectivity index (χ0) is 42.5. The van der Waals surface area contributed by atoms with E-state index in [-0.39, 0.29) is 39.2 Å². The Bertz CT molecular complexity index is 2340. The van der Waals surface area contributed by atoms with Crippen LogP contribution in [0.25, 0.3) is 5.76 Å². The van der Waals surface area contributed by atoms with E-state index >= 15 is 0 Å². The molecule has 3 aromatic carbocycles. The van der Waals surface area contributed by atoms with Crippen molar-refractivity contribution in [3.63, 3.8) is 0 Å². The number of aliphatic hydroxyl groups is 1. The zero-order valence-electron chi connectivity index (χ0n) is 32.5. The summed E-state index contributed by atoms with van der Waals surface area (Å²) in [4.78, 5) is 60.7. The largest absolute Gasteiger partial charge is 0.507 e. The molecule has 0 atom stereocenters. The van der Waals surface area contributed by atoms with E-state index in [4.69, 9.17) is 14.2 Å². The Morgan fingerprint density at radius 2 is 1.37 bits per heavy atom. The third-order valence-corrected chi connectivity index (χ3v) is 9.44. The third-order valence-electron chi connectivity index (χ3n) is 9.44. The fourth-order valence-corrected chi connectivity index (χ4v) is 6.40. The highest BCUT2D eigenvalue weighted by atomic mass is 16.6. The van der Waals surface area contributed by atoms with Crippen molar-refractivity contribution in [1.82, 2.24) is 0 Å². The molecule has 59 heavy (non-hydrogen) atoms. The quantitative estimate of drug-likeness (QED) is 0.0382. The molecule has 1 heterocycles. The van der Waals surface area contributed by atoms with E-state index < -0.39 is 38.6 Å². The number of rotatable bonds is 15. The SMILES string of the molecule is CCCCOc1cc(N2CCOCC2)c(OCCCC)cc1C#N.O=C1\C(=C/C=C/C=C/C=C/C2=C(O)c3cccc([N+](=O)[O-])c3C2=O)C(=O)c2c1cccc2[N+](=O)[O-]. The Morgan fingerprint density at radius 3 is 1.98 bits per heavy atom. The first kappa shape index (κ1) is 43.0. The Kier molecular flexibility index (Phi) is 14.8. The maximum atomic E-state index is 12.5. The van der Waals surface area contributed by atoms with Crippen molar-refractivity contribution in [2.24, 2.45) is 0 Å². The van der Waals surface area contributed by atoms with Crippen LogP contribution in [0.3, 0.4) is 0 Å². The van der Waals surface area contributed by atoms with Crippen LogP contribution in [0.2, 0.25) is 0 Å². The number of hydrogen-bond acceptors (Lipinski definition) is 13. The number of allylic oxidation sites excluding steroid dienone is 9. The first-order valence-corrected chi connectivity index (χ1v) is 19.0. The summed E-state index contributed by atoms with van der Waals surface area (Å²) in [6.07, 6.45) is 14.0. The number of fused-ring (bicyclic) bond motifs is 2. The van der Waals surface area contributed by atoms with Gasteiger partial charge in [-0.15, -0.1) is 0 Å². The summed E-state index contributed by atoms with van der Waals surface area (Å²) >= 11 is 0. The van der Waals surface area contributed by atoms with Crippen molar-refractivity contribution in [1.29, 1.82) is 5.26 Å². The van der Waals surface area contributed by atoms with Gasteiger partial charge in [0.2, 0.25) is 11.6 Å². The molecular formula is C44H42N4O11. The normalized spacial score (nSPS) is 15.5. The monoisotopic (exact) mass is 802 g/mol. The molecule has 0 bridgehead atoms. The van der Waals surface area contributed by atoms with Crippen molar-refractivity contribution in [3.05, 3.63) is 150 Å². The molecule has 0 saturated carbocycles. The predicted octanol–water partition coefficient (Wildman–Crippen LogP) is 8.40. The Morgan fingerprint density at radius 1 is 0.797 bits per heavy atom. The number of hydrogen-bond donors (Lipinski definition) is 1. The lowest BCUT2D eigenvalue weighted by molar-refractivity contribution is -0.385. The van der Waals surface area contributed by atoms with Gasteiger partial charge in [0.1, 0.15) is 34.5 Å². The average molecular weight is 803 g/mol. The molecule has 0 radical (unpaired) electrons. The minimum absolute atomic E-state index is 0.0159. The number of nitriles is 1. The second kappa shape index (κ2) is 20.3. The summed E-state index contributed by atoms with van der Waals surface area (Å²) in [5, 5.41) is 42.1. The summed E-state index contributed by atoms with van der Waals surface area (Å²) < 4.78 is 17.3. The molecule has 304 valence electrons. The van der Waals surface area contributed by atoms with Crippen LogP contribution in [0.4, 0.5) is 17.1 Å². The lowest BCUT2D eigenvalue weighted by Gasteiger charge is -2.30. The van der Waals surface area contributed by atoms with Gasteiger partial charge >= 0.3 is 0 Å². The smallest absolute Gasteiger partial charge is 0.281 e. The van der Waals surface area contributed by atoms with Gasteiger partial charge in [-0.2, -0.15) is 5.26 Å². The van der Waals surface area contributed by atoms with Gasteiger partial charge in [0.15, 0.2) is 5.78 Å². The maximum Gasteiger partial charge on any atom is 0.281 e. The molecule has 1 N–H and O–H groups in total. The molecule has 3 aliphatic rings. The van der Waals surface area contributed by atoms with E-state index in [1.807, 2.05) is 12.1 Å². The van der Waals surface area contributed by atoms with Crippen LogP contribution in [-0.2, 0) is 4.74 Å². The molecule has 15 nitrogen and oxygen atoms in total. The van der Waals surface area contributed by atoms with E-state index in [0.717, 1.165) is 56.3 Å². The number of unbranched alkanes of at least 4 members (excludes halogenated alkanes) is 2. The Hall–Kier alpha value is -7.18. The van der Waals surface area contributed by atoms with Gasteiger partial charge in [-0.1, -0.05) is 69.2 Å². The fraction of sp³-hybridized carbons (Fsp3) is 0.273. The van der Waals surface area contributed by atoms with Crippen LogP contribution in [0, 0.1) is 31.6 Å². The number of anilines is 1. The zero-order valence-corrected chi connectivity index (χ0v) is 32.5. The highest BCUT2D eigenvalue weighted by Gasteiger charge is 2.38. The molecule has 1 fully saturated rings. The highest BCUT2D eigenvalue weighted by molar-refractivity contribution is 6.40.